The molecule has 1 fully saturated rings. The molecule has 0 spiro atoms. The van der Waals surface area contributed by atoms with Crippen LogP contribution in [0, 0.1) is 5.41 Å². The van der Waals surface area contributed by atoms with Crippen molar-refractivity contribution in [2.24, 2.45) is 5.41 Å². The van der Waals surface area contributed by atoms with Crippen LogP contribution in [0.2, 0.25) is 8.67 Å². The maximum absolute atomic E-state index is 12.7. The number of carbonyl (C=O) groups excluding carboxylic acids is 2. The lowest BCUT2D eigenvalue weighted by Gasteiger charge is -2.33. The Labute approximate surface area is 162 Å². The molecule has 0 radical (unpaired) electrons. The standard InChI is InChI=1S/C20H20Cl2O2S/c1-4-11-5-6-12(14-8-17(21)25-19(14)22)7-13(11)18-15(23)9-20(2,3)10-16(18)24/h5-8,18H,4,9-10H2,1-3H3. The fourth-order valence-corrected chi connectivity index (χ4v) is 5.13. The third-order valence-electron chi connectivity index (χ3n) is 4.75. The summed E-state index contributed by atoms with van der Waals surface area (Å²) in [4.78, 5) is 25.5. The monoisotopic (exact) mass is 394 g/mol. The van der Waals surface area contributed by atoms with E-state index in [-0.39, 0.29) is 17.0 Å². The Balaban J connectivity index is 2.09. The molecule has 2 aromatic rings. The molecule has 1 saturated carbocycles. The maximum Gasteiger partial charge on any atom is 0.148 e. The first-order chi connectivity index (χ1) is 11.7. The third kappa shape index (κ3) is 3.69. The highest BCUT2D eigenvalue weighted by Crippen LogP contribution is 2.42. The molecule has 0 bridgehead atoms. The van der Waals surface area contributed by atoms with E-state index in [1.54, 1.807) is 0 Å². The number of rotatable bonds is 3. The molecule has 0 saturated heterocycles. The number of aryl methyl sites for hydroxylation is 1. The largest absolute Gasteiger partial charge is 0.299 e. The van der Waals surface area contributed by atoms with Gasteiger partial charge in [-0.25, -0.2) is 0 Å². The summed E-state index contributed by atoms with van der Waals surface area (Å²) in [6.07, 6.45) is 1.64. The molecule has 132 valence electrons. The summed E-state index contributed by atoms with van der Waals surface area (Å²) in [7, 11) is 0. The van der Waals surface area contributed by atoms with E-state index in [9.17, 15) is 9.59 Å². The van der Waals surface area contributed by atoms with Crippen LogP contribution in [0.25, 0.3) is 11.1 Å². The second kappa shape index (κ2) is 6.86. The Morgan fingerprint density at radius 1 is 1.12 bits per heavy atom. The van der Waals surface area contributed by atoms with E-state index in [0.29, 0.717) is 21.5 Å². The van der Waals surface area contributed by atoms with Crippen molar-refractivity contribution < 1.29 is 9.59 Å². The molecule has 0 amide bonds. The number of halogens is 2. The highest BCUT2D eigenvalue weighted by atomic mass is 35.5. The summed E-state index contributed by atoms with van der Waals surface area (Å²) in [6, 6.07) is 7.75. The minimum absolute atomic E-state index is 0.0162. The van der Waals surface area contributed by atoms with Gasteiger partial charge in [0.05, 0.1) is 4.34 Å². The second-order valence-electron chi connectivity index (χ2n) is 7.39. The summed E-state index contributed by atoms with van der Waals surface area (Å²) in [5, 5.41) is 0. The van der Waals surface area contributed by atoms with Crippen LogP contribution >= 0.6 is 34.5 Å². The first-order valence-electron chi connectivity index (χ1n) is 8.35. The highest BCUT2D eigenvalue weighted by Gasteiger charge is 2.41. The fraction of sp³-hybridized carbons (Fsp3) is 0.400. The second-order valence-corrected chi connectivity index (χ2v) is 9.67. The summed E-state index contributed by atoms with van der Waals surface area (Å²) >= 11 is 13.7. The quantitative estimate of drug-likeness (QED) is 0.570. The zero-order valence-electron chi connectivity index (χ0n) is 14.5. The minimum atomic E-state index is -0.657. The average Bonchev–Trinajstić information content (AvgIpc) is 2.83. The lowest BCUT2D eigenvalue weighted by molar-refractivity contribution is -0.135. The van der Waals surface area contributed by atoms with Gasteiger partial charge in [0, 0.05) is 18.4 Å². The van der Waals surface area contributed by atoms with Crippen molar-refractivity contribution in [1.29, 1.82) is 0 Å². The fourth-order valence-electron chi connectivity index (χ4n) is 3.63. The SMILES string of the molecule is CCc1ccc(-c2cc(Cl)sc2Cl)cc1C1C(=O)CC(C)(C)CC1=O. The Kier molecular flexibility index (Phi) is 5.11. The normalized spacial score (nSPS) is 18.0. The van der Waals surface area contributed by atoms with Gasteiger partial charge in [-0.1, -0.05) is 56.1 Å². The molecule has 1 aliphatic rings. The predicted octanol–water partition coefficient (Wildman–Crippen LogP) is 6.33. The van der Waals surface area contributed by atoms with E-state index in [1.807, 2.05) is 45.0 Å². The highest BCUT2D eigenvalue weighted by molar-refractivity contribution is 7.20. The van der Waals surface area contributed by atoms with E-state index in [0.717, 1.165) is 28.7 Å². The molecular formula is C20H20Cl2O2S. The van der Waals surface area contributed by atoms with Gasteiger partial charge in [-0.15, -0.1) is 11.3 Å². The molecule has 0 aliphatic heterocycles. The van der Waals surface area contributed by atoms with Crippen LogP contribution in [-0.2, 0) is 16.0 Å². The van der Waals surface area contributed by atoms with E-state index in [4.69, 9.17) is 23.2 Å². The molecule has 3 rings (SSSR count). The topological polar surface area (TPSA) is 34.1 Å². The molecule has 1 aromatic carbocycles. The Morgan fingerprint density at radius 2 is 1.76 bits per heavy atom. The molecular weight excluding hydrogens is 375 g/mol. The number of carbonyl (C=O) groups is 2. The third-order valence-corrected chi connectivity index (χ3v) is 6.24. The van der Waals surface area contributed by atoms with Gasteiger partial charge in [0.15, 0.2) is 0 Å². The summed E-state index contributed by atoms with van der Waals surface area (Å²) in [5.41, 5.74) is 3.35. The Bertz CT molecular complexity index is 831. The van der Waals surface area contributed by atoms with Crippen LogP contribution in [-0.4, -0.2) is 11.6 Å². The van der Waals surface area contributed by atoms with Gasteiger partial charge in [0.2, 0.25) is 0 Å². The van der Waals surface area contributed by atoms with Gasteiger partial charge in [-0.05, 0) is 40.7 Å². The average molecular weight is 395 g/mol. The number of ketones is 2. The maximum atomic E-state index is 12.7. The molecule has 1 aromatic heterocycles. The summed E-state index contributed by atoms with van der Waals surface area (Å²) < 4.78 is 1.23. The molecule has 2 nitrogen and oxygen atoms in total. The zero-order valence-corrected chi connectivity index (χ0v) is 16.8. The van der Waals surface area contributed by atoms with Gasteiger partial charge >= 0.3 is 0 Å². The first-order valence-corrected chi connectivity index (χ1v) is 9.92. The number of thiophene rings is 1. The summed E-state index contributed by atoms with van der Waals surface area (Å²) in [5.74, 6) is -0.624. The predicted molar refractivity (Wildman–Crippen MR) is 105 cm³/mol. The van der Waals surface area contributed by atoms with Crippen molar-refractivity contribution in [3.8, 4) is 11.1 Å². The van der Waals surface area contributed by atoms with Gasteiger partial charge in [0.25, 0.3) is 0 Å². The Morgan fingerprint density at radius 3 is 2.28 bits per heavy atom. The summed E-state index contributed by atoms with van der Waals surface area (Å²) in [6.45, 7) is 5.99. The van der Waals surface area contributed by atoms with Crippen LogP contribution in [0.4, 0.5) is 0 Å². The number of Topliss-reactive ketones (excluding diaryl/α,β-unsaturated/α-hetero) is 2. The van der Waals surface area contributed by atoms with Crippen molar-refractivity contribution in [2.45, 2.75) is 46.0 Å². The van der Waals surface area contributed by atoms with Crippen LogP contribution in [0.15, 0.2) is 24.3 Å². The van der Waals surface area contributed by atoms with Crippen molar-refractivity contribution >= 4 is 46.1 Å². The van der Waals surface area contributed by atoms with Crippen LogP contribution < -0.4 is 0 Å². The zero-order chi connectivity index (χ0) is 18.4. The van der Waals surface area contributed by atoms with Gasteiger partial charge in [-0.2, -0.15) is 0 Å². The lowest BCUT2D eigenvalue weighted by Crippen LogP contribution is -2.36. The van der Waals surface area contributed by atoms with Crippen LogP contribution in [0.5, 0.6) is 0 Å². The van der Waals surface area contributed by atoms with E-state index >= 15 is 0 Å². The van der Waals surface area contributed by atoms with Crippen molar-refractivity contribution in [3.05, 3.63) is 44.1 Å². The molecule has 1 heterocycles. The smallest absolute Gasteiger partial charge is 0.148 e. The molecule has 0 unspecified atom stereocenters. The van der Waals surface area contributed by atoms with E-state index < -0.39 is 5.92 Å². The molecule has 5 heteroatoms. The lowest BCUT2D eigenvalue weighted by atomic mass is 9.69. The molecule has 0 N–H and O–H groups in total. The van der Waals surface area contributed by atoms with Gasteiger partial charge in [0.1, 0.15) is 21.8 Å². The first kappa shape index (κ1) is 18.6. The minimum Gasteiger partial charge on any atom is -0.299 e. The van der Waals surface area contributed by atoms with Gasteiger partial charge < -0.3 is 0 Å². The molecule has 25 heavy (non-hydrogen) atoms. The van der Waals surface area contributed by atoms with Gasteiger partial charge in [-0.3, -0.25) is 9.59 Å². The Hall–Kier alpha value is -1.16. The number of hydrogen-bond acceptors (Lipinski definition) is 3. The van der Waals surface area contributed by atoms with E-state index in [1.165, 1.54) is 11.3 Å². The van der Waals surface area contributed by atoms with Crippen LogP contribution in [0.1, 0.15) is 50.7 Å². The molecule has 1 aliphatic carbocycles. The van der Waals surface area contributed by atoms with Crippen LogP contribution in [0.3, 0.4) is 0 Å². The molecule has 0 atom stereocenters. The number of hydrogen-bond donors (Lipinski definition) is 0. The number of benzene rings is 1. The van der Waals surface area contributed by atoms with E-state index in [2.05, 4.69) is 0 Å². The van der Waals surface area contributed by atoms with Crippen molar-refractivity contribution in [1.82, 2.24) is 0 Å². The van der Waals surface area contributed by atoms with Crippen molar-refractivity contribution in [2.75, 3.05) is 0 Å². The van der Waals surface area contributed by atoms with Crippen molar-refractivity contribution in [3.63, 3.8) is 0 Å².